The van der Waals surface area contributed by atoms with E-state index in [4.69, 9.17) is 5.10 Å². The molecule has 0 N–H and O–H groups in total. The Morgan fingerprint density at radius 2 is 1.89 bits per heavy atom. The van der Waals surface area contributed by atoms with Gasteiger partial charge >= 0.3 is 0 Å². The number of aromatic nitrogens is 2. The summed E-state index contributed by atoms with van der Waals surface area (Å²) in [5, 5.41) is 4.84. The Labute approximate surface area is 162 Å². The molecule has 2 saturated carbocycles. The Morgan fingerprint density at radius 3 is 2.59 bits per heavy atom. The van der Waals surface area contributed by atoms with Crippen LogP contribution in [0, 0.1) is 17.8 Å². The molecule has 0 spiro atoms. The number of allylic oxidation sites excluding steroid dienone is 1. The maximum Gasteiger partial charge on any atom is 0.162 e. The molecule has 0 amide bonds. The number of nitrogens with zero attached hydrogens (tertiary/aromatic N) is 2. The quantitative estimate of drug-likeness (QED) is 0.647. The molecule has 2 aromatic rings. The molecule has 0 bridgehead atoms. The molecule has 0 radical (unpaired) electrons. The highest BCUT2D eigenvalue weighted by molar-refractivity contribution is 6.03. The first-order valence-electron chi connectivity index (χ1n) is 10.5. The van der Waals surface area contributed by atoms with Gasteiger partial charge in [-0.1, -0.05) is 44.9 Å². The van der Waals surface area contributed by atoms with Gasteiger partial charge in [-0.15, -0.1) is 0 Å². The highest BCUT2D eigenvalue weighted by atomic mass is 16.1. The van der Waals surface area contributed by atoms with Crippen LogP contribution in [0.5, 0.6) is 0 Å². The van der Waals surface area contributed by atoms with Crippen molar-refractivity contribution in [3.63, 3.8) is 0 Å². The average Bonchev–Trinajstić information content (AvgIpc) is 3.38. The monoisotopic (exact) mass is 362 g/mol. The summed E-state index contributed by atoms with van der Waals surface area (Å²) in [5.74, 6) is 1.85. The molecule has 3 heteroatoms. The molecule has 1 heterocycles. The van der Waals surface area contributed by atoms with Gasteiger partial charge < -0.3 is 0 Å². The SMILES string of the molecule is CC(C)Cc1nn(-c2ccccc2)cc1C=C1CCC(C2CCCC2)C1=O. The van der Waals surface area contributed by atoms with Gasteiger partial charge in [-0.25, -0.2) is 4.68 Å². The van der Waals surface area contributed by atoms with Crippen molar-refractivity contribution in [2.75, 3.05) is 0 Å². The summed E-state index contributed by atoms with van der Waals surface area (Å²) in [4.78, 5) is 13.0. The number of para-hydroxylation sites is 1. The van der Waals surface area contributed by atoms with Gasteiger partial charge in [0.25, 0.3) is 0 Å². The van der Waals surface area contributed by atoms with Crippen LogP contribution in [0.25, 0.3) is 11.8 Å². The third-order valence-electron chi connectivity index (χ3n) is 6.12. The molecule has 2 fully saturated rings. The number of benzene rings is 1. The Bertz CT molecular complexity index is 825. The van der Waals surface area contributed by atoms with Gasteiger partial charge in [0, 0.05) is 17.7 Å². The van der Waals surface area contributed by atoms with E-state index in [1.54, 1.807) is 0 Å². The van der Waals surface area contributed by atoms with E-state index in [9.17, 15) is 4.79 Å². The minimum absolute atomic E-state index is 0.275. The molecule has 3 nitrogen and oxygen atoms in total. The van der Waals surface area contributed by atoms with E-state index in [0.29, 0.717) is 17.6 Å². The Kier molecular flexibility index (Phi) is 5.29. The van der Waals surface area contributed by atoms with E-state index in [1.165, 1.54) is 25.7 Å². The number of rotatable bonds is 5. The smallest absolute Gasteiger partial charge is 0.162 e. The first-order chi connectivity index (χ1) is 13.1. The van der Waals surface area contributed by atoms with E-state index < -0.39 is 0 Å². The summed E-state index contributed by atoms with van der Waals surface area (Å²) in [5.41, 5.74) is 4.29. The predicted molar refractivity (Wildman–Crippen MR) is 110 cm³/mol. The second-order valence-electron chi connectivity index (χ2n) is 8.63. The number of hydrogen-bond donors (Lipinski definition) is 0. The molecule has 1 unspecified atom stereocenters. The third kappa shape index (κ3) is 3.92. The van der Waals surface area contributed by atoms with Crippen LogP contribution in [0.2, 0.25) is 0 Å². The van der Waals surface area contributed by atoms with Crippen molar-refractivity contribution >= 4 is 11.9 Å². The summed E-state index contributed by atoms with van der Waals surface area (Å²) in [7, 11) is 0. The predicted octanol–water partition coefficient (Wildman–Crippen LogP) is 5.62. The second kappa shape index (κ2) is 7.84. The third-order valence-corrected chi connectivity index (χ3v) is 6.12. The Balaban J connectivity index is 1.63. The molecular weight excluding hydrogens is 332 g/mol. The van der Waals surface area contributed by atoms with Gasteiger partial charge in [0.15, 0.2) is 5.78 Å². The molecule has 2 aliphatic rings. The van der Waals surface area contributed by atoms with Crippen molar-refractivity contribution in [2.24, 2.45) is 17.8 Å². The molecule has 2 aliphatic carbocycles. The molecule has 1 aromatic carbocycles. The molecule has 1 aromatic heterocycles. The lowest BCUT2D eigenvalue weighted by Crippen LogP contribution is -2.16. The number of carbonyl (C=O) groups is 1. The fraction of sp³-hybridized carbons (Fsp3) is 0.500. The van der Waals surface area contributed by atoms with Crippen LogP contribution < -0.4 is 0 Å². The zero-order valence-electron chi connectivity index (χ0n) is 16.5. The lowest BCUT2D eigenvalue weighted by atomic mass is 9.88. The maximum atomic E-state index is 13.0. The number of ketones is 1. The van der Waals surface area contributed by atoms with E-state index in [2.05, 4.69) is 38.3 Å². The van der Waals surface area contributed by atoms with E-state index in [0.717, 1.165) is 41.8 Å². The normalized spacial score (nSPS) is 22.4. The van der Waals surface area contributed by atoms with Crippen LogP contribution in [0.4, 0.5) is 0 Å². The summed E-state index contributed by atoms with van der Waals surface area (Å²) < 4.78 is 1.96. The minimum Gasteiger partial charge on any atom is -0.294 e. The van der Waals surface area contributed by atoms with Gasteiger partial charge in [0.1, 0.15) is 0 Å². The summed E-state index contributed by atoms with van der Waals surface area (Å²) >= 11 is 0. The molecule has 4 rings (SSSR count). The van der Waals surface area contributed by atoms with Gasteiger partial charge in [0.2, 0.25) is 0 Å². The lowest BCUT2D eigenvalue weighted by molar-refractivity contribution is -0.119. The average molecular weight is 363 g/mol. The topological polar surface area (TPSA) is 34.9 Å². The zero-order chi connectivity index (χ0) is 18.8. The summed E-state index contributed by atoms with van der Waals surface area (Å²) in [6, 6.07) is 10.2. The molecule has 0 aliphatic heterocycles. The highest BCUT2D eigenvalue weighted by Gasteiger charge is 2.36. The van der Waals surface area contributed by atoms with Crippen LogP contribution in [-0.2, 0) is 11.2 Å². The van der Waals surface area contributed by atoms with Crippen LogP contribution in [0.3, 0.4) is 0 Å². The molecular formula is C24H30N2O. The summed E-state index contributed by atoms with van der Waals surface area (Å²) in [6.45, 7) is 4.44. The van der Waals surface area contributed by atoms with Gasteiger partial charge in [-0.2, -0.15) is 5.10 Å². The van der Waals surface area contributed by atoms with Gasteiger partial charge in [0.05, 0.1) is 11.4 Å². The van der Waals surface area contributed by atoms with Gasteiger partial charge in [-0.3, -0.25) is 4.79 Å². The van der Waals surface area contributed by atoms with Crippen LogP contribution in [-0.4, -0.2) is 15.6 Å². The van der Waals surface area contributed by atoms with Crippen LogP contribution >= 0.6 is 0 Å². The maximum absolute atomic E-state index is 13.0. The Hall–Kier alpha value is -2.16. The fourth-order valence-corrected chi connectivity index (χ4v) is 4.75. The van der Waals surface area contributed by atoms with Crippen LogP contribution in [0.1, 0.15) is 63.6 Å². The number of carbonyl (C=O) groups excluding carboxylic acids is 1. The standard InChI is InChI=1S/C24H30N2O/c1-17(2)14-23-20(16-26(25-23)21-10-4-3-5-11-21)15-19-12-13-22(24(19)27)18-8-6-7-9-18/h3-5,10-11,15-18,22H,6-9,12-14H2,1-2H3. The van der Waals surface area contributed by atoms with E-state index >= 15 is 0 Å². The van der Waals surface area contributed by atoms with Crippen molar-refractivity contribution < 1.29 is 4.79 Å². The lowest BCUT2D eigenvalue weighted by Gasteiger charge is -2.15. The highest BCUT2D eigenvalue weighted by Crippen LogP contribution is 2.41. The first kappa shape index (κ1) is 18.2. The van der Waals surface area contributed by atoms with Gasteiger partial charge in [-0.05, 0) is 67.7 Å². The Morgan fingerprint density at radius 1 is 1.15 bits per heavy atom. The van der Waals surface area contributed by atoms with Crippen molar-refractivity contribution in [1.82, 2.24) is 9.78 Å². The summed E-state index contributed by atoms with van der Waals surface area (Å²) in [6.07, 6.45) is 12.2. The largest absolute Gasteiger partial charge is 0.294 e. The molecule has 142 valence electrons. The molecule has 0 saturated heterocycles. The fourth-order valence-electron chi connectivity index (χ4n) is 4.75. The first-order valence-corrected chi connectivity index (χ1v) is 10.5. The second-order valence-corrected chi connectivity index (χ2v) is 8.63. The number of hydrogen-bond acceptors (Lipinski definition) is 2. The van der Waals surface area contributed by atoms with E-state index in [1.807, 2.05) is 22.9 Å². The van der Waals surface area contributed by atoms with E-state index in [-0.39, 0.29) is 5.92 Å². The van der Waals surface area contributed by atoms with Crippen molar-refractivity contribution in [3.05, 3.63) is 53.4 Å². The van der Waals surface area contributed by atoms with Crippen molar-refractivity contribution in [1.29, 1.82) is 0 Å². The molecule has 1 atom stereocenters. The van der Waals surface area contributed by atoms with Crippen molar-refractivity contribution in [2.45, 2.75) is 58.8 Å². The van der Waals surface area contributed by atoms with Crippen LogP contribution in [0.15, 0.2) is 42.1 Å². The van der Waals surface area contributed by atoms with Crippen molar-refractivity contribution in [3.8, 4) is 5.69 Å². The zero-order valence-corrected chi connectivity index (χ0v) is 16.5. The minimum atomic E-state index is 0.275. The molecule has 27 heavy (non-hydrogen) atoms. The number of Topliss-reactive ketones (excluding diaryl/α,β-unsaturated/α-hetero) is 1.